The lowest BCUT2D eigenvalue weighted by Crippen LogP contribution is -2.19. The van der Waals surface area contributed by atoms with Gasteiger partial charge in [0.1, 0.15) is 0 Å². The summed E-state index contributed by atoms with van der Waals surface area (Å²) in [4.78, 5) is 0. The molecule has 0 bridgehead atoms. The topological polar surface area (TPSA) is 12.0 Å². The lowest BCUT2D eigenvalue weighted by molar-refractivity contribution is 0.591. The second kappa shape index (κ2) is 6.42. The van der Waals surface area contributed by atoms with Crippen molar-refractivity contribution in [2.24, 2.45) is 0 Å². The van der Waals surface area contributed by atoms with Gasteiger partial charge in [-0.25, -0.2) is 0 Å². The second-order valence-electron chi connectivity index (χ2n) is 4.64. The maximum Gasteiger partial charge on any atom is 0.0468 e. The third-order valence-corrected chi connectivity index (χ3v) is 3.93. The Hall–Kier alpha value is -1.02. The number of rotatable bonds is 4. The zero-order valence-electron chi connectivity index (χ0n) is 11.1. The first-order chi connectivity index (χ1) is 9.11. The maximum absolute atomic E-state index is 6.28. The molecule has 0 aliphatic carbocycles. The first-order valence-corrected chi connectivity index (χ1v) is 7.04. The number of nitrogens with one attached hydrogen (secondary N) is 1. The summed E-state index contributed by atoms with van der Waals surface area (Å²) in [6.45, 7) is 2.13. The first kappa shape index (κ1) is 14.4. The standard InChI is InChI=1S/C16H17Cl2N/c1-11-5-3-4-6-12(11)9-16(19-2)14-8-7-13(17)10-15(14)18/h3-8,10,16,19H,9H2,1-2H3. The van der Waals surface area contributed by atoms with Crippen molar-refractivity contribution in [1.82, 2.24) is 5.32 Å². The van der Waals surface area contributed by atoms with Crippen LogP contribution in [0.25, 0.3) is 0 Å². The van der Waals surface area contributed by atoms with Crippen LogP contribution in [-0.4, -0.2) is 7.05 Å². The smallest absolute Gasteiger partial charge is 0.0468 e. The van der Waals surface area contributed by atoms with Gasteiger partial charge in [-0.1, -0.05) is 53.5 Å². The van der Waals surface area contributed by atoms with Gasteiger partial charge < -0.3 is 5.32 Å². The van der Waals surface area contributed by atoms with E-state index >= 15 is 0 Å². The molecule has 1 N–H and O–H groups in total. The summed E-state index contributed by atoms with van der Waals surface area (Å²) in [5, 5.41) is 4.70. The molecule has 0 saturated carbocycles. The van der Waals surface area contributed by atoms with Crippen LogP contribution in [0.5, 0.6) is 0 Å². The molecule has 0 aliphatic heterocycles. The van der Waals surface area contributed by atoms with E-state index in [1.165, 1.54) is 11.1 Å². The van der Waals surface area contributed by atoms with Crippen LogP contribution < -0.4 is 5.32 Å². The molecule has 19 heavy (non-hydrogen) atoms. The minimum atomic E-state index is 0.186. The number of hydrogen-bond donors (Lipinski definition) is 1. The zero-order valence-corrected chi connectivity index (χ0v) is 12.6. The third-order valence-electron chi connectivity index (χ3n) is 3.37. The molecule has 0 radical (unpaired) electrons. The van der Waals surface area contributed by atoms with E-state index in [2.05, 4.69) is 36.5 Å². The molecular formula is C16H17Cl2N. The number of halogens is 2. The number of hydrogen-bond acceptors (Lipinski definition) is 1. The average molecular weight is 294 g/mol. The normalized spacial score (nSPS) is 12.4. The highest BCUT2D eigenvalue weighted by atomic mass is 35.5. The van der Waals surface area contributed by atoms with Gasteiger partial charge in [0.15, 0.2) is 0 Å². The van der Waals surface area contributed by atoms with Gasteiger partial charge in [-0.2, -0.15) is 0 Å². The molecule has 0 heterocycles. The van der Waals surface area contributed by atoms with Crippen LogP contribution >= 0.6 is 23.2 Å². The van der Waals surface area contributed by atoms with Crippen molar-refractivity contribution in [2.75, 3.05) is 7.05 Å². The second-order valence-corrected chi connectivity index (χ2v) is 5.48. The Bertz CT molecular complexity index is 566. The van der Waals surface area contributed by atoms with Gasteiger partial charge in [0.25, 0.3) is 0 Å². The summed E-state index contributed by atoms with van der Waals surface area (Å²) in [6.07, 6.45) is 0.907. The van der Waals surface area contributed by atoms with E-state index < -0.39 is 0 Å². The lowest BCUT2D eigenvalue weighted by atomic mass is 9.96. The van der Waals surface area contributed by atoms with E-state index in [1.54, 1.807) is 6.07 Å². The minimum Gasteiger partial charge on any atom is -0.313 e. The summed E-state index contributed by atoms with van der Waals surface area (Å²) in [5.41, 5.74) is 3.71. The largest absolute Gasteiger partial charge is 0.313 e. The maximum atomic E-state index is 6.28. The summed E-state index contributed by atoms with van der Waals surface area (Å²) >= 11 is 12.2. The van der Waals surface area contributed by atoms with Gasteiger partial charge in [-0.15, -0.1) is 0 Å². The van der Waals surface area contributed by atoms with Crippen molar-refractivity contribution in [3.05, 3.63) is 69.2 Å². The molecule has 2 rings (SSSR count). The Kier molecular flexibility index (Phi) is 4.87. The molecule has 0 aliphatic rings. The highest BCUT2D eigenvalue weighted by molar-refractivity contribution is 6.35. The predicted octanol–water partition coefficient (Wildman–Crippen LogP) is 4.81. The Balaban J connectivity index is 2.28. The minimum absolute atomic E-state index is 0.186. The summed E-state index contributed by atoms with van der Waals surface area (Å²) in [6, 6.07) is 14.3. The number of benzene rings is 2. The third kappa shape index (κ3) is 3.50. The molecule has 3 heteroatoms. The molecule has 2 aromatic rings. The van der Waals surface area contributed by atoms with Gasteiger partial charge >= 0.3 is 0 Å². The fourth-order valence-electron chi connectivity index (χ4n) is 2.21. The van der Waals surface area contributed by atoms with Gasteiger partial charge in [0, 0.05) is 16.1 Å². The van der Waals surface area contributed by atoms with Crippen molar-refractivity contribution in [3.8, 4) is 0 Å². The van der Waals surface area contributed by atoms with E-state index in [4.69, 9.17) is 23.2 Å². The van der Waals surface area contributed by atoms with Gasteiger partial charge in [-0.05, 0) is 49.2 Å². The quantitative estimate of drug-likeness (QED) is 0.853. The zero-order chi connectivity index (χ0) is 13.8. The molecule has 0 aromatic heterocycles. The van der Waals surface area contributed by atoms with Crippen LogP contribution in [-0.2, 0) is 6.42 Å². The van der Waals surface area contributed by atoms with Crippen LogP contribution in [0.4, 0.5) is 0 Å². The Labute approximate surface area is 124 Å². The summed E-state index contributed by atoms with van der Waals surface area (Å²) < 4.78 is 0. The molecule has 1 atom stereocenters. The van der Waals surface area contributed by atoms with Crippen molar-refractivity contribution >= 4 is 23.2 Å². The van der Waals surface area contributed by atoms with Crippen LogP contribution in [0.3, 0.4) is 0 Å². The van der Waals surface area contributed by atoms with Crippen LogP contribution in [0.1, 0.15) is 22.7 Å². The monoisotopic (exact) mass is 293 g/mol. The lowest BCUT2D eigenvalue weighted by Gasteiger charge is -2.19. The molecule has 100 valence electrons. The van der Waals surface area contributed by atoms with Gasteiger partial charge in [-0.3, -0.25) is 0 Å². The van der Waals surface area contributed by atoms with Crippen molar-refractivity contribution < 1.29 is 0 Å². The number of aryl methyl sites for hydroxylation is 1. The molecule has 2 aromatic carbocycles. The van der Waals surface area contributed by atoms with Crippen LogP contribution in [0.2, 0.25) is 10.0 Å². The van der Waals surface area contributed by atoms with Gasteiger partial charge in [0.05, 0.1) is 0 Å². The SMILES string of the molecule is CNC(Cc1ccccc1C)c1ccc(Cl)cc1Cl. The molecule has 0 saturated heterocycles. The molecule has 1 unspecified atom stereocenters. The summed E-state index contributed by atoms with van der Waals surface area (Å²) in [5.74, 6) is 0. The Morgan fingerprint density at radius 1 is 1.11 bits per heavy atom. The molecule has 0 amide bonds. The molecular weight excluding hydrogens is 277 g/mol. The van der Waals surface area contributed by atoms with Crippen molar-refractivity contribution in [2.45, 2.75) is 19.4 Å². The van der Waals surface area contributed by atoms with E-state index in [1.807, 2.05) is 19.2 Å². The van der Waals surface area contributed by atoms with Crippen molar-refractivity contribution in [3.63, 3.8) is 0 Å². The average Bonchev–Trinajstić information content (AvgIpc) is 2.39. The Morgan fingerprint density at radius 3 is 2.47 bits per heavy atom. The van der Waals surface area contributed by atoms with Gasteiger partial charge in [0.2, 0.25) is 0 Å². The fraction of sp³-hybridized carbons (Fsp3) is 0.250. The highest BCUT2D eigenvalue weighted by Gasteiger charge is 2.14. The van der Waals surface area contributed by atoms with E-state index in [0.717, 1.165) is 12.0 Å². The first-order valence-electron chi connectivity index (χ1n) is 6.28. The summed E-state index contributed by atoms with van der Waals surface area (Å²) in [7, 11) is 1.95. The predicted molar refractivity (Wildman–Crippen MR) is 83.1 cm³/mol. The fourth-order valence-corrected chi connectivity index (χ4v) is 2.75. The van der Waals surface area contributed by atoms with E-state index in [0.29, 0.717) is 10.0 Å². The van der Waals surface area contributed by atoms with Crippen LogP contribution in [0.15, 0.2) is 42.5 Å². The van der Waals surface area contributed by atoms with E-state index in [9.17, 15) is 0 Å². The molecule has 1 nitrogen and oxygen atoms in total. The van der Waals surface area contributed by atoms with Crippen molar-refractivity contribution in [1.29, 1.82) is 0 Å². The Morgan fingerprint density at radius 2 is 1.84 bits per heavy atom. The highest BCUT2D eigenvalue weighted by Crippen LogP contribution is 2.28. The number of likely N-dealkylation sites (N-methyl/N-ethyl adjacent to an activating group) is 1. The van der Waals surface area contributed by atoms with Crippen LogP contribution in [0, 0.1) is 6.92 Å². The van der Waals surface area contributed by atoms with E-state index in [-0.39, 0.29) is 6.04 Å². The molecule has 0 fully saturated rings. The molecule has 0 spiro atoms.